The van der Waals surface area contributed by atoms with Gasteiger partial charge in [0, 0.05) is 30.9 Å². The highest BCUT2D eigenvalue weighted by atomic mass is 16.7. The van der Waals surface area contributed by atoms with E-state index in [1.807, 2.05) is 72.5 Å². The molecular weight excluding hydrogens is 468 g/mol. The van der Waals surface area contributed by atoms with Gasteiger partial charge in [-0.2, -0.15) is 0 Å². The number of amides is 2. The highest BCUT2D eigenvalue weighted by Gasteiger charge is 2.51. The van der Waals surface area contributed by atoms with E-state index < -0.39 is 5.41 Å². The van der Waals surface area contributed by atoms with Crippen molar-refractivity contribution in [2.75, 3.05) is 38.4 Å². The summed E-state index contributed by atoms with van der Waals surface area (Å²) in [5.74, 6) is 1.44. The number of nitrogens with zero attached hydrogens (tertiary/aromatic N) is 1. The predicted octanol–water partition coefficient (Wildman–Crippen LogP) is 4.92. The zero-order valence-electron chi connectivity index (χ0n) is 20.9. The monoisotopic (exact) mass is 498 g/mol. The lowest BCUT2D eigenvalue weighted by Gasteiger charge is -2.20. The van der Waals surface area contributed by atoms with Crippen LogP contribution in [0.2, 0.25) is 0 Å². The fourth-order valence-corrected chi connectivity index (χ4v) is 5.15. The van der Waals surface area contributed by atoms with Gasteiger partial charge in [0.2, 0.25) is 12.7 Å². The zero-order valence-corrected chi connectivity index (χ0v) is 20.9. The van der Waals surface area contributed by atoms with E-state index in [9.17, 15) is 9.59 Å². The SMILES string of the molecule is Cc1ccc(NC(=O)C2(c3ccc4c(c3)OCO4)CC2)cc1-c1ccc(C(=O)N2CCCOCC2)cc1. The molecule has 190 valence electrons. The molecule has 0 spiro atoms. The molecule has 0 aromatic heterocycles. The van der Waals surface area contributed by atoms with Crippen molar-refractivity contribution in [1.29, 1.82) is 0 Å². The minimum atomic E-state index is -0.535. The average molecular weight is 499 g/mol. The fourth-order valence-electron chi connectivity index (χ4n) is 5.15. The largest absolute Gasteiger partial charge is 0.454 e. The first-order valence-electron chi connectivity index (χ1n) is 12.8. The molecular formula is C30H30N2O5. The molecule has 7 heteroatoms. The molecule has 6 rings (SSSR count). The van der Waals surface area contributed by atoms with Crippen molar-refractivity contribution in [3.05, 3.63) is 77.4 Å². The average Bonchev–Trinajstić information content (AvgIpc) is 3.67. The van der Waals surface area contributed by atoms with Crippen LogP contribution in [0.1, 0.15) is 40.7 Å². The molecule has 1 aliphatic carbocycles. The lowest BCUT2D eigenvalue weighted by Crippen LogP contribution is -2.33. The van der Waals surface area contributed by atoms with Gasteiger partial charge in [-0.3, -0.25) is 9.59 Å². The first-order chi connectivity index (χ1) is 18.0. The van der Waals surface area contributed by atoms with Crippen molar-refractivity contribution in [2.24, 2.45) is 0 Å². The molecule has 2 fully saturated rings. The molecule has 3 aromatic carbocycles. The second kappa shape index (κ2) is 9.56. The Morgan fingerprint density at radius 1 is 0.892 bits per heavy atom. The lowest BCUT2D eigenvalue weighted by atomic mass is 9.94. The van der Waals surface area contributed by atoms with Crippen LogP contribution < -0.4 is 14.8 Å². The van der Waals surface area contributed by atoms with Crippen LogP contribution in [0, 0.1) is 6.92 Å². The number of hydrogen-bond acceptors (Lipinski definition) is 5. The van der Waals surface area contributed by atoms with Crippen molar-refractivity contribution >= 4 is 17.5 Å². The van der Waals surface area contributed by atoms with Crippen molar-refractivity contribution in [3.8, 4) is 22.6 Å². The van der Waals surface area contributed by atoms with E-state index in [2.05, 4.69) is 5.32 Å². The third-order valence-electron chi connectivity index (χ3n) is 7.56. The number of carbonyl (C=O) groups is 2. The van der Waals surface area contributed by atoms with Gasteiger partial charge in [0.15, 0.2) is 11.5 Å². The van der Waals surface area contributed by atoms with Gasteiger partial charge in [-0.1, -0.05) is 24.3 Å². The summed E-state index contributed by atoms with van der Waals surface area (Å²) in [5, 5.41) is 3.14. The van der Waals surface area contributed by atoms with E-state index in [0.717, 1.165) is 59.5 Å². The second-order valence-electron chi connectivity index (χ2n) is 9.97. The summed E-state index contributed by atoms with van der Waals surface area (Å²) in [6, 6.07) is 19.4. The third kappa shape index (κ3) is 4.55. The summed E-state index contributed by atoms with van der Waals surface area (Å²) in [5.41, 5.74) is 4.96. The number of ether oxygens (including phenoxy) is 3. The standard InChI is InChI=1S/C30H30N2O5/c1-20-3-9-24(31-29(34)30(11-12-30)23-8-10-26-27(17-23)37-19-36-26)18-25(20)21-4-6-22(7-5-21)28(33)32-13-2-15-35-16-14-32/h3-10,17-18H,2,11-16,19H2,1H3,(H,31,34). The normalized spacial score (nSPS) is 17.7. The molecule has 1 saturated carbocycles. The van der Waals surface area contributed by atoms with E-state index in [-0.39, 0.29) is 18.6 Å². The van der Waals surface area contributed by atoms with E-state index in [1.54, 1.807) is 0 Å². The maximum Gasteiger partial charge on any atom is 0.253 e. The Balaban J connectivity index is 1.19. The Hall–Kier alpha value is -3.84. The highest BCUT2D eigenvalue weighted by molar-refractivity contribution is 6.02. The quantitative estimate of drug-likeness (QED) is 0.540. The third-order valence-corrected chi connectivity index (χ3v) is 7.56. The summed E-state index contributed by atoms with van der Waals surface area (Å²) < 4.78 is 16.4. The molecule has 0 radical (unpaired) electrons. The number of carbonyl (C=O) groups excluding carboxylic acids is 2. The number of rotatable bonds is 5. The molecule has 0 atom stereocenters. The molecule has 1 saturated heterocycles. The molecule has 0 bridgehead atoms. The van der Waals surface area contributed by atoms with Gasteiger partial charge in [0.1, 0.15) is 0 Å². The van der Waals surface area contributed by atoms with Gasteiger partial charge in [0.05, 0.1) is 12.0 Å². The van der Waals surface area contributed by atoms with Crippen LogP contribution in [0.25, 0.3) is 11.1 Å². The fraction of sp³-hybridized carbons (Fsp3) is 0.333. The van der Waals surface area contributed by atoms with Gasteiger partial charge in [-0.15, -0.1) is 0 Å². The Morgan fingerprint density at radius 2 is 1.70 bits per heavy atom. The minimum Gasteiger partial charge on any atom is -0.454 e. The maximum atomic E-state index is 13.4. The summed E-state index contributed by atoms with van der Waals surface area (Å²) in [6.45, 7) is 4.88. The second-order valence-corrected chi connectivity index (χ2v) is 9.97. The van der Waals surface area contributed by atoms with Gasteiger partial charge < -0.3 is 24.4 Å². The van der Waals surface area contributed by atoms with Crippen molar-refractivity contribution in [1.82, 2.24) is 4.90 Å². The van der Waals surface area contributed by atoms with Gasteiger partial charge in [-0.05, 0) is 84.8 Å². The molecule has 2 heterocycles. The number of nitrogens with one attached hydrogen (secondary N) is 1. The smallest absolute Gasteiger partial charge is 0.253 e. The highest BCUT2D eigenvalue weighted by Crippen LogP contribution is 2.51. The molecule has 1 N–H and O–H groups in total. The molecule has 2 amide bonds. The van der Waals surface area contributed by atoms with Crippen LogP contribution in [-0.4, -0.2) is 49.8 Å². The van der Waals surface area contributed by atoms with Crippen LogP contribution in [0.4, 0.5) is 5.69 Å². The number of anilines is 1. The molecule has 2 aliphatic heterocycles. The topological polar surface area (TPSA) is 77.1 Å². The van der Waals surface area contributed by atoms with Crippen LogP contribution in [0.15, 0.2) is 60.7 Å². The Labute approximate surface area is 216 Å². The van der Waals surface area contributed by atoms with Crippen LogP contribution >= 0.6 is 0 Å². The summed E-state index contributed by atoms with van der Waals surface area (Å²) in [7, 11) is 0. The van der Waals surface area contributed by atoms with Crippen molar-refractivity contribution in [2.45, 2.75) is 31.6 Å². The van der Waals surface area contributed by atoms with Crippen LogP contribution in [0.3, 0.4) is 0 Å². The molecule has 0 unspecified atom stereocenters. The van der Waals surface area contributed by atoms with E-state index in [1.165, 1.54) is 0 Å². The summed E-state index contributed by atoms with van der Waals surface area (Å²) >= 11 is 0. The minimum absolute atomic E-state index is 0.0106. The lowest BCUT2D eigenvalue weighted by molar-refractivity contribution is -0.118. The summed E-state index contributed by atoms with van der Waals surface area (Å²) in [4.78, 5) is 28.2. The van der Waals surface area contributed by atoms with E-state index in [4.69, 9.17) is 14.2 Å². The Bertz CT molecular complexity index is 1340. The van der Waals surface area contributed by atoms with E-state index >= 15 is 0 Å². The zero-order chi connectivity index (χ0) is 25.4. The molecule has 3 aliphatic rings. The number of hydrogen-bond donors (Lipinski definition) is 1. The molecule has 3 aromatic rings. The maximum absolute atomic E-state index is 13.4. The first kappa shape index (κ1) is 23.6. The van der Waals surface area contributed by atoms with Crippen LogP contribution in [-0.2, 0) is 14.9 Å². The first-order valence-corrected chi connectivity index (χ1v) is 12.8. The molecule has 7 nitrogen and oxygen atoms in total. The Kier molecular flexibility index (Phi) is 6.08. The van der Waals surface area contributed by atoms with Crippen molar-refractivity contribution in [3.63, 3.8) is 0 Å². The number of benzene rings is 3. The Morgan fingerprint density at radius 3 is 2.51 bits per heavy atom. The van der Waals surface area contributed by atoms with Crippen LogP contribution in [0.5, 0.6) is 11.5 Å². The molecule has 37 heavy (non-hydrogen) atoms. The van der Waals surface area contributed by atoms with E-state index in [0.29, 0.717) is 31.1 Å². The van der Waals surface area contributed by atoms with Gasteiger partial charge in [0.25, 0.3) is 5.91 Å². The van der Waals surface area contributed by atoms with Crippen molar-refractivity contribution < 1.29 is 23.8 Å². The number of aryl methyl sites for hydroxylation is 1. The number of fused-ring (bicyclic) bond motifs is 1. The summed E-state index contributed by atoms with van der Waals surface area (Å²) in [6.07, 6.45) is 2.46. The van der Waals surface area contributed by atoms with Gasteiger partial charge >= 0.3 is 0 Å². The van der Waals surface area contributed by atoms with Gasteiger partial charge in [-0.25, -0.2) is 0 Å². The predicted molar refractivity (Wildman–Crippen MR) is 140 cm³/mol.